The van der Waals surface area contributed by atoms with Crippen LogP contribution in [0.4, 0.5) is 8.78 Å². The van der Waals surface area contributed by atoms with Crippen molar-refractivity contribution in [2.75, 3.05) is 13.2 Å². The second-order valence-corrected chi connectivity index (χ2v) is 5.72. The van der Waals surface area contributed by atoms with Gasteiger partial charge in [0.15, 0.2) is 0 Å². The molecule has 0 aliphatic rings. The van der Waals surface area contributed by atoms with E-state index in [4.69, 9.17) is 0 Å². The standard InChI is InChI=1S/C19H20F2N2O/c1-19(20,21)17-9-7-16(8-10-17)18(13-22)23(11-12-24)14-15-5-3-2-4-6-15/h2-10,18,24H,11-12,14H2,1H3. The minimum Gasteiger partial charge on any atom is -0.395 e. The Morgan fingerprint density at radius 1 is 1.12 bits per heavy atom. The molecule has 0 aliphatic heterocycles. The van der Waals surface area contributed by atoms with Crippen LogP contribution in [0.5, 0.6) is 0 Å². The lowest BCUT2D eigenvalue weighted by Crippen LogP contribution is -2.30. The van der Waals surface area contributed by atoms with E-state index in [-0.39, 0.29) is 12.2 Å². The van der Waals surface area contributed by atoms with Crippen LogP contribution in [0, 0.1) is 11.3 Å². The van der Waals surface area contributed by atoms with Crippen LogP contribution >= 0.6 is 0 Å². The Bertz CT molecular complexity index is 675. The van der Waals surface area contributed by atoms with Gasteiger partial charge in [0.1, 0.15) is 6.04 Å². The summed E-state index contributed by atoms with van der Waals surface area (Å²) in [5, 5.41) is 18.9. The molecule has 2 rings (SSSR count). The second kappa shape index (κ2) is 8.00. The zero-order valence-corrected chi connectivity index (χ0v) is 13.5. The normalized spacial score (nSPS) is 12.8. The van der Waals surface area contributed by atoms with Crippen LogP contribution in [0.25, 0.3) is 0 Å². The summed E-state index contributed by atoms with van der Waals surface area (Å²) >= 11 is 0. The van der Waals surface area contributed by atoms with Crippen molar-refractivity contribution in [1.82, 2.24) is 4.90 Å². The van der Waals surface area contributed by atoms with Gasteiger partial charge in [0.25, 0.3) is 5.92 Å². The SMILES string of the molecule is CC(F)(F)c1ccc(C(C#N)N(CCO)Cc2ccccc2)cc1. The molecule has 1 N–H and O–H groups in total. The van der Waals surface area contributed by atoms with Gasteiger partial charge in [-0.05, 0) is 11.1 Å². The van der Waals surface area contributed by atoms with Gasteiger partial charge in [0.05, 0.1) is 12.7 Å². The summed E-state index contributed by atoms with van der Waals surface area (Å²) < 4.78 is 26.7. The fraction of sp³-hybridized carbons (Fsp3) is 0.316. The Labute approximate surface area is 140 Å². The zero-order chi connectivity index (χ0) is 17.6. The molecule has 0 amide bonds. The third-order valence-electron chi connectivity index (χ3n) is 3.84. The van der Waals surface area contributed by atoms with Gasteiger partial charge < -0.3 is 5.11 Å². The highest BCUT2D eigenvalue weighted by Gasteiger charge is 2.25. The van der Waals surface area contributed by atoms with Crippen LogP contribution in [0.3, 0.4) is 0 Å². The van der Waals surface area contributed by atoms with Crippen LogP contribution in [0.2, 0.25) is 0 Å². The molecule has 0 aliphatic carbocycles. The van der Waals surface area contributed by atoms with Gasteiger partial charge in [-0.1, -0.05) is 54.6 Å². The van der Waals surface area contributed by atoms with E-state index in [0.29, 0.717) is 18.7 Å². The summed E-state index contributed by atoms with van der Waals surface area (Å²) in [6.45, 7) is 1.57. The average Bonchev–Trinajstić information content (AvgIpc) is 2.56. The molecule has 3 nitrogen and oxygen atoms in total. The Hall–Kier alpha value is -2.29. The molecular formula is C19H20F2N2O. The van der Waals surface area contributed by atoms with E-state index in [1.807, 2.05) is 35.2 Å². The number of hydrogen-bond acceptors (Lipinski definition) is 3. The van der Waals surface area contributed by atoms with E-state index in [0.717, 1.165) is 12.5 Å². The van der Waals surface area contributed by atoms with Gasteiger partial charge >= 0.3 is 0 Å². The van der Waals surface area contributed by atoms with Crippen molar-refractivity contribution in [3.8, 4) is 6.07 Å². The van der Waals surface area contributed by atoms with Crippen LogP contribution < -0.4 is 0 Å². The smallest absolute Gasteiger partial charge is 0.270 e. The van der Waals surface area contributed by atoms with Gasteiger partial charge in [-0.2, -0.15) is 5.26 Å². The van der Waals surface area contributed by atoms with Gasteiger partial charge in [0, 0.05) is 25.6 Å². The molecule has 0 heterocycles. The number of rotatable bonds is 7. The molecule has 126 valence electrons. The van der Waals surface area contributed by atoms with Crippen LogP contribution in [-0.4, -0.2) is 23.2 Å². The quantitative estimate of drug-likeness (QED) is 0.838. The largest absolute Gasteiger partial charge is 0.395 e. The molecule has 2 aromatic rings. The minimum atomic E-state index is -2.91. The van der Waals surface area contributed by atoms with Crippen molar-refractivity contribution in [2.24, 2.45) is 0 Å². The maximum atomic E-state index is 13.3. The molecule has 0 saturated heterocycles. The van der Waals surface area contributed by atoms with E-state index in [1.54, 1.807) is 12.1 Å². The Morgan fingerprint density at radius 3 is 2.25 bits per heavy atom. The first-order chi connectivity index (χ1) is 11.5. The topological polar surface area (TPSA) is 47.3 Å². The number of aliphatic hydroxyl groups is 1. The first-order valence-electron chi connectivity index (χ1n) is 7.72. The van der Waals surface area contributed by atoms with Crippen LogP contribution in [-0.2, 0) is 12.5 Å². The predicted octanol–water partition coefficient (Wildman–Crippen LogP) is 3.86. The molecule has 5 heteroatoms. The molecule has 0 radical (unpaired) electrons. The summed E-state index contributed by atoms with van der Waals surface area (Å²) in [5.74, 6) is -2.91. The highest BCUT2D eigenvalue weighted by Crippen LogP contribution is 2.29. The van der Waals surface area contributed by atoms with Crippen molar-refractivity contribution < 1.29 is 13.9 Å². The molecule has 0 bridgehead atoms. The van der Waals surface area contributed by atoms with E-state index in [2.05, 4.69) is 6.07 Å². The van der Waals surface area contributed by atoms with E-state index >= 15 is 0 Å². The Kier molecular flexibility index (Phi) is 6.02. The molecule has 0 saturated carbocycles. The fourth-order valence-corrected chi connectivity index (χ4v) is 2.57. The molecule has 2 aromatic carbocycles. The number of benzene rings is 2. The number of nitriles is 1. The highest BCUT2D eigenvalue weighted by atomic mass is 19.3. The van der Waals surface area contributed by atoms with Crippen molar-refractivity contribution in [2.45, 2.75) is 25.4 Å². The third-order valence-corrected chi connectivity index (χ3v) is 3.84. The lowest BCUT2D eigenvalue weighted by Gasteiger charge is -2.27. The van der Waals surface area contributed by atoms with Crippen LogP contribution in [0.1, 0.15) is 29.7 Å². The number of alkyl halides is 2. The Balaban J connectivity index is 2.24. The van der Waals surface area contributed by atoms with Gasteiger partial charge in [-0.3, -0.25) is 4.90 Å². The maximum absolute atomic E-state index is 13.3. The lowest BCUT2D eigenvalue weighted by molar-refractivity contribution is 0.0174. The number of halogens is 2. The molecule has 0 aromatic heterocycles. The molecule has 0 spiro atoms. The van der Waals surface area contributed by atoms with Crippen LogP contribution in [0.15, 0.2) is 54.6 Å². The van der Waals surface area contributed by atoms with Crippen molar-refractivity contribution in [3.63, 3.8) is 0 Å². The van der Waals surface area contributed by atoms with Gasteiger partial charge in [-0.25, -0.2) is 8.78 Å². The summed E-state index contributed by atoms with van der Waals surface area (Å²) in [4.78, 5) is 1.83. The minimum absolute atomic E-state index is 0.0836. The molecule has 1 unspecified atom stereocenters. The third kappa shape index (κ3) is 4.60. The molecule has 0 fully saturated rings. The molecular weight excluding hydrogens is 310 g/mol. The number of nitrogens with zero attached hydrogens (tertiary/aromatic N) is 2. The van der Waals surface area contributed by atoms with E-state index in [1.165, 1.54) is 12.1 Å². The van der Waals surface area contributed by atoms with Crippen molar-refractivity contribution in [3.05, 3.63) is 71.3 Å². The molecule has 1 atom stereocenters. The highest BCUT2D eigenvalue weighted by molar-refractivity contribution is 5.30. The summed E-state index contributed by atoms with van der Waals surface area (Å²) in [6.07, 6.45) is 0. The number of aliphatic hydroxyl groups excluding tert-OH is 1. The first-order valence-corrected chi connectivity index (χ1v) is 7.72. The van der Waals surface area contributed by atoms with Crippen molar-refractivity contribution >= 4 is 0 Å². The summed E-state index contributed by atoms with van der Waals surface area (Å²) in [6, 6.07) is 17.0. The predicted molar refractivity (Wildman–Crippen MR) is 88.3 cm³/mol. The summed E-state index contributed by atoms with van der Waals surface area (Å²) in [7, 11) is 0. The van der Waals surface area contributed by atoms with E-state index < -0.39 is 12.0 Å². The second-order valence-electron chi connectivity index (χ2n) is 5.72. The zero-order valence-electron chi connectivity index (χ0n) is 13.5. The maximum Gasteiger partial charge on any atom is 0.270 e. The van der Waals surface area contributed by atoms with E-state index in [9.17, 15) is 19.1 Å². The monoisotopic (exact) mass is 330 g/mol. The Morgan fingerprint density at radius 2 is 1.75 bits per heavy atom. The fourth-order valence-electron chi connectivity index (χ4n) is 2.57. The van der Waals surface area contributed by atoms with Gasteiger partial charge in [0.2, 0.25) is 0 Å². The summed E-state index contributed by atoms with van der Waals surface area (Å²) in [5.41, 5.74) is 1.57. The average molecular weight is 330 g/mol. The number of hydrogen-bond donors (Lipinski definition) is 1. The molecule has 24 heavy (non-hydrogen) atoms. The van der Waals surface area contributed by atoms with Crippen molar-refractivity contribution in [1.29, 1.82) is 5.26 Å². The lowest BCUT2D eigenvalue weighted by atomic mass is 10.0. The first kappa shape index (κ1) is 18.1. The van der Waals surface area contributed by atoms with Gasteiger partial charge in [-0.15, -0.1) is 0 Å².